The zero-order chi connectivity index (χ0) is 13.8. The van der Waals surface area contributed by atoms with Gasteiger partial charge in [-0.05, 0) is 12.1 Å². The smallest absolute Gasteiger partial charge is 0.350 e. The average molecular weight is 281 g/mol. The summed E-state index contributed by atoms with van der Waals surface area (Å²) in [5.41, 5.74) is 0.457. The lowest BCUT2D eigenvalue weighted by molar-refractivity contribution is -0.136. The standard InChI is InChI=1S/C12H15N3O3S/c1-9(8-11(16)17)19-7-6-15-12(18)14-5-3-2-4-10(14)13-15/h2-5,9H,6-8H2,1H3,(H,16,17). The number of fused-ring (bicyclic) bond motifs is 1. The van der Waals surface area contributed by atoms with Gasteiger partial charge in [0.25, 0.3) is 0 Å². The maximum Gasteiger partial charge on any atom is 0.350 e. The van der Waals surface area contributed by atoms with E-state index < -0.39 is 5.97 Å². The maximum atomic E-state index is 11.9. The Kier molecular flexibility index (Phi) is 4.26. The van der Waals surface area contributed by atoms with Gasteiger partial charge in [0, 0.05) is 17.2 Å². The van der Waals surface area contributed by atoms with Crippen LogP contribution >= 0.6 is 11.8 Å². The van der Waals surface area contributed by atoms with Crippen molar-refractivity contribution in [2.24, 2.45) is 0 Å². The summed E-state index contributed by atoms with van der Waals surface area (Å²) in [4.78, 5) is 22.5. The van der Waals surface area contributed by atoms with E-state index in [9.17, 15) is 9.59 Å². The number of carbonyl (C=O) groups is 1. The number of thioether (sulfide) groups is 1. The number of carboxylic acid groups (broad SMARTS) is 1. The minimum Gasteiger partial charge on any atom is -0.481 e. The molecule has 0 amide bonds. The van der Waals surface area contributed by atoms with Crippen molar-refractivity contribution in [3.8, 4) is 0 Å². The second kappa shape index (κ2) is 5.92. The summed E-state index contributed by atoms with van der Waals surface area (Å²) in [6, 6.07) is 5.39. The zero-order valence-corrected chi connectivity index (χ0v) is 11.3. The van der Waals surface area contributed by atoms with Gasteiger partial charge < -0.3 is 5.11 Å². The lowest BCUT2D eigenvalue weighted by Gasteiger charge is -2.07. The van der Waals surface area contributed by atoms with E-state index in [0.717, 1.165) is 0 Å². The summed E-state index contributed by atoms with van der Waals surface area (Å²) < 4.78 is 2.90. The first-order valence-corrected chi connectivity index (χ1v) is 7.00. The fourth-order valence-corrected chi connectivity index (χ4v) is 2.70. The van der Waals surface area contributed by atoms with Gasteiger partial charge in [0.2, 0.25) is 0 Å². The molecule has 0 aliphatic heterocycles. The number of nitrogens with zero attached hydrogens (tertiary/aromatic N) is 3. The number of aryl methyl sites for hydroxylation is 1. The third-order valence-electron chi connectivity index (χ3n) is 2.66. The summed E-state index contributed by atoms with van der Waals surface area (Å²) >= 11 is 1.53. The van der Waals surface area contributed by atoms with Crippen LogP contribution in [0.1, 0.15) is 13.3 Å². The molecule has 19 heavy (non-hydrogen) atoms. The molecule has 0 aromatic carbocycles. The molecule has 0 saturated carbocycles. The van der Waals surface area contributed by atoms with Gasteiger partial charge in [-0.3, -0.25) is 9.20 Å². The summed E-state index contributed by atoms with van der Waals surface area (Å²) in [5, 5.41) is 12.9. The molecule has 0 saturated heterocycles. The monoisotopic (exact) mass is 281 g/mol. The summed E-state index contributed by atoms with van der Waals surface area (Å²) in [7, 11) is 0. The highest BCUT2D eigenvalue weighted by atomic mass is 32.2. The molecular formula is C12H15N3O3S. The first-order chi connectivity index (χ1) is 9.08. The largest absolute Gasteiger partial charge is 0.481 e. The van der Waals surface area contributed by atoms with Crippen LogP contribution in [0.2, 0.25) is 0 Å². The lowest BCUT2D eigenvalue weighted by atomic mass is 10.3. The molecule has 1 atom stereocenters. The van der Waals surface area contributed by atoms with E-state index in [1.165, 1.54) is 20.8 Å². The van der Waals surface area contributed by atoms with Crippen molar-refractivity contribution < 1.29 is 9.90 Å². The van der Waals surface area contributed by atoms with Crippen LogP contribution < -0.4 is 5.69 Å². The van der Waals surface area contributed by atoms with Crippen LogP contribution in [0.5, 0.6) is 0 Å². The fraction of sp³-hybridized carbons (Fsp3) is 0.417. The Morgan fingerprint density at radius 3 is 3.00 bits per heavy atom. The number of hydrogen-bond donors (Lipinski definition) is 1. The summed E-state index contributed by atoms with van der Waals surface area (Å²) in [5.74, 6) is -0.136. The molecule has 7 heteroatoms. The Morgan fingerprint density at radius 2 is 2.32 bits per heavy atom. The van der Waals surface area contributed by atoms with Crippen LogP contribution in [-0.4, -0.2) is 36.3 Å². The van der Waals surface area contributed by atoms with Crippen molar-refractivity contribution in [1.82, 2.24) is 14.2 Å². The third kappa shape index (κ3) is 3.37. The molecule has 2 rings (SSSR count). The molecule has 0 spiro atoms. The van der Waals surface area contributed by atoms with E-state index in [0.29, 0.717) is 17.9 Å². The molecule has 2 aromatic heterocycles. The van der Waals surface area contributed by atoms with Crippen LogP contribution in [-0.2, 0) is 11.3 Å². The van der Waals surface area contributed by atoms with Crippen LogP contribution in [0.15, 0.2) is 29.2 Å². The number of aromatic nitrogens is 3. The Hall–Kier alpha value is -1.76. The third-order valence-corrected chi connectivity index (χ3v) is 3.81. The van der Waals surface area contributed by atoms with E-state index in [-0.39, 0.29) is 17.4 Å². The molecule has 6 nitrogen and oxygen atoms in total. The topological polar surface area (TPSA) is 76.6 Å². The van der Waals surface area contributed by atoms with Gasteiger partial charge in [0.05, 0.1) is 13.0 Å². The van der Waals surface area contributed by atoms with E-state index in [2.05, 4.69) is 5.10 Å². The number of rotatable bonds is 6. The lowest BCUT2D eigenvalue weighted by Crippen LogP contribution is -2.22. The maximum absolute atomic E-state index is 11.9. The first kappa shape index (κ1) is 13.7. The van der Waals surface area contributed by atoms with Gasteiger partial charge in [0.1, 0.15) is 0 Å². The molecule has 0 bridgehead atoms. The average Bonchev–Trinajstić information content (AvgIpc) is 2.66. The van der Waals surface area contributed by atoms with Gasteiger partial charge in [-0.25, -0.2) is 9.48 Å². The van der Waals surface area contributed by atoms with Crippen LogP contribution in [0.25, 0.3) is 5.65 Å². The molecular weight excluding hydrogens is 266 g/mol. The van der Waals surface area contributed by atoms with Crippen LogP contribution in [0.3, 0.4) is 0 Å². The van der Waals surface area contributed by atoms with Crippen molar-refractivity contribution >= 4 is 23.4 Å². The highest BCUT2D eigenvalue weighted by Crippen LogP contribution is 2.13. The zero-order valence-electron chi connectivity index (χ0n) is 10.5. The summed E-state index contributed by atoms with van der Waals surface area (Å²) in [6.07, 6.45) is 1.81. The minimum absolute atomic E-state index is 0.0326. The molecule has 1 N–H and O–H groups in total. The number of carboxylic acids is 1. The second-order valence-corrected chi connectivity index (χ2v) is 5.76. The summed E-state index contributed by atoms with van der Waals surface area (Å²) in [6.45, 7) is 2.35. The van der Waals surface area contributed by atoms with E-state index in [1.807, 2.05) is 13.0 Å². The van der Waals surface area contributed by atoms with Gasteiger partial charge >= 0.3 is 11.7 Å². The molecule has 102 valence electrons. The SMILES string of the molecule is CC(CC(=O)O)SCCn1nc2ccccn2c1=O. The number of pyridine rings is 1. The highest BCUT2D eigenvalue weighted by molar-refractivity contribution is 7.99. The Labute approximate surface area is 114 Å². The molecule has 0 radical (unpaired) electrons. The Bertz CT molecular complexity index is 634. The van der Waals surface area contributed by atoms with E-state index in [1.54, 1.807) is 18.3 Å². The van der Waals surface area contributed by atoms with Gasteiger partial charge in [0.15, 0.2) is 5.65 Å². The van der Waals surface area contributed by atoms with Crippen molar-refractivity contribution in [2.75, 3.05) is 5.75 Å². The molecule has 2 heterocycles. The predicted octanol–water partition coefficient (Wildman–Crippen LogP) is 1.09. The molecule has 0 aliphatic rings. The highest BCUT2D eigenvalue weighted by Gasteiger charge is 2.09. The Balaban J connectivity index is 1.97. The number of hydrogen-bond acceptors (Lipinski definition) is 4. The molecule has 0 fully saturated rings. The van der Waals surface area contributed by atoms with Crippen molar-refractivity contribution in [3.05, 3.63) is 34.9 Å². The first-order valence-electron chi connectivity index (χ1n) is 5.95. The number of aliphatic carboxylic acids is 1. The van der Waals surface area contributed by atoms with Crippen molar-refractivity contribution in [2.45, 2.75) is 25.1 Å². The van der Waals surface area contributed by atoms with Gasteiger partial charge in [-0.15, -0.1) is 5.10 Å². The van der Waals surface area contributed by atoms with Gasteiger partial charge in [-0.2, -0.15) is 11.8 Å². The van der Waals surface area contributed by atoms with E-state index in [4.69, 9.17) is 5.11 Å². The van der Waals surface area contributed by atoms with Crippen molar-refractivity contribution in [1.29, 1.82) is 0 Å². The molecule has 0 aliphatic carbocycles. The fourth-order valence-electron chi connectivity index (χ4n) is 1.76. The second-order valence-electron chi connectivity index (χ2n) is 4.21. The van der Waals surface area contributed by atoms with Gasteiger partial charge in [-0.1, -0.05) is 13.0 Å². The van der Waals surface area contributed by atoms with Crippen molar-refractivity contribution in [3.63, 3.8) is 0 Å². The normalized spacial score (nSPS) is 12.7. The van der Waals surface area contributed by atoms with E-state index >= 15 is 0 Å². The predicted molar refractivity (Wildman–Crippen MR) is 73.6 cm³/mol. The quantitative estimate of drug-likeness (QED) is 0.857. The van der Waals surface area contributed by atoms with Crippen LogP contribution in [0, 0.1) is 0 Å². The minimum atomic E-state index is -0.801. The molecule has 1 unspecified atom stereocenters. The van der Waals surface area contributed by atoms with Crippen LogP contribution in [0.4, 0.5) is 0 Å². The molecule has 2 aromatic rings. The Morgan fingerprint density at radius 1 is 1.53 bits per heavy atom.